The van der Waals surface area contributed by atoms with Crippen molar-refractivity contribution in [3.05, 3.63) is 59.8 Å². The third kappa shape index (κ3) is 4.45. The second kappa shape index (κ2) is 9.40. The molecule has 1 fully saturated rings. The number of ether oxygens (including phenoxy) is 1. The highest BCUT2D eigenvalue weighted by Gasteiger charge is 2.33. The van der Waals surface area contributed by atoms with Gasteiger partial charge in [0.25, 0.3) is 0 Å². The van der Waals surface area contributed by atoms with E-state index < -0.39 is 6.10 Å². The van der Waals surface area contributed by atoms with Crippen LogP contribution in [-0.2, 0) is 7.05 Å². The Morgan fingerprint density at radius 1 is 1.31 bits per heavy atom. The zero-order chi connectivity index (χ0) is 22.7. The molecule has 1 saturated carbocycles. The van der Waals surface area contributed by atoms with Gasteiger partial charge in [-0.25, -0.2) is 4.99 Å². The van der Waals surface area contributed by atoms with Gasteiger partial charge in [-0.2, -0.15) is 10.2 Å². The number of aromatic nitrogens is 4. The number of aliphatic imine (C=N–C) groups is 1. The standard InChI is InChI=1S/C24H30N6O2/c1-16-20(13-23(25-2)26-3)30(28-24(16)17-14-27-29(4)15-17)18-10-11-22(21(31)12-18)32-19-8-6-5-7-9-19/h5-9,13-15,18,21-22,26,31H,2,10-12H2,1,3-4H3/b23-13+/t18?,21-,22?/m0/s1. The summed E-state index contributed by atoms with van der Waals surface area (Å²) >= 11 is 0. The molecule has 1 aliphatic rings. The van der Waals surface area contributed by atoms with Crippen molar-refractivity contribution < 1.29 is 9.84 Å². The minimum Gasteiger partial charge on any atom is -0.488 e. The van der Waals surface area contributed by atoms with Crippen LogP contribution in [0.5, 0.6) is 5.75 Å². The highest BCUT2D eigenvalue weighted by molar-refractivity contribution is 5.68. The molecule has 0 spiro atoms. The minimum atomic E-state index is -0.585. The Balaban J connectivity index is 1.63. The molecular formula is C24H30N6O2. The summed E-state index contributed by atoms with van der Waals surface area (Å²) in [4.78, 5) is 4.06. The van der Waals surface area contributed by atoms with Crippen LogP contribution in [0, 0.1) is 6.92 Å². The molecule has 8 heteroatoms. The van der Waals surface area contributed by atoms with Gasteiger partial charge in [-0.1, -0.05) is 18.2 Å². The van der Waals surface area contributed by atoms with E-state index in [-0.39, 0.29) is 12.1 Å². The summed E-state index contributed by atoms with van der Waals surface area (Å²) < 4.78 is 9.83. The number of aliphatic hydroxyl groups excluding tert-OH is 1. The average Bonchev–Trinajstić information content (AvgIpc) is 3.37. The van der Waals surface area contributed by atoms with Crippen LogP contribution in [0.1, 0.15) is 36.6 Å². The summed E-state index contributed by atoms with van der Waals surface area (Å²) in [5, 5.41) is 23.2. The van der Waals surface area contributed by atoms with E-state index in [0.717, 1.165) is 41.1 Å². The van der Waals surface area contributed by atoms with Crippen LogP contribution in [0.15, 0.2) is 53.5 Å². The molecule has 3 atom stereocenters. The van der Waals surface area contributed by atoms with Gasteiger partial charge in [0.1, 0.15) is 17.7 Å². The van der Waals surface area contributed by atoms with Gasteiger partial charge in [0.2, 0.25) is 0 Å². The van der Waals surface area contributed by atoms with E-state index >= 15 is 0 Å². The zero-order valence-electron chi connectivity index (χ0n) is 18.8. The Labute approximate surface area is 188 Å². The van der Waals surface area contributed by atoms with E-state index in [4.69, 9.17) is 9.84 Å². The predicted octanol–water partition coefficient (Wildman–Crippen LogP) is 3.34. The normalized spacial score (nSPS) is 21.4. The number of rotatable bonds is 7. The van der Waals surface area contributed by atoms with Crippen LogP contribution in [0.2, 0.25) is 0 Å². The first-order valence-electron chi connectivity index (χ1n) is 10.8. The Bertz CT molecular complexity index is 1100. The topological polar surface area (TPSA) is 89.5 Å². The molecule has 0 amide bonds. The second-order valence-corrected chi connectivity index (χ2v) is 8.15. The molecule has 2 unspecified atom stereocenters. The van der Waals surface area contributed by atoms with Crippen LogP contribution >= 0.6 is 0 Å². The fourth-order valence-electron chi connectivity index (χ4n) is 4.26. The fraction of sp³-hybridized carbons (Fsp3) is 0.375. The van der Waals surface area contributed by atoms with Crippen molar-refractivity contribution in [3.63, 3.8) is 0 Å². The lowest BCUT2D eigenvalue weighted by Gasteiger charge is -2.34. The number of para-hydroxylation sites is 1. The van der Waals surface area contributed by atoms with Crippen LogP contribution in [-0.4, -0.2) is 50.6 Å². The van der Waals surface area contributed by atoms with Gasteiger partial charge in [-0.05, 0) is 45.0 Å². The highest BCUT2D eigenvalue weighted by atomic mass is 16.5. The lowest BCUT2D eigenvalue weighted by molar-refractivity contribution is -0.0102. The van der Waals surface area contributed by atoms with Crippen LogP contribution in [0.25, 0.3) is 17.3 Å². The van der Waals surface area contributed by atoms with Gasteiger partial charge >= 0.3 is 0 Å². The first kappa shape index (κ1) is 21.8. The summed E-state index contributed by atoms with van der Waals surface area (Å²) in [6.07, 6.45) is 7.05. The molecule has 0 aliphatic heterocycles. The van der Waals surface area contributed by atoms with Gasteiger partial charge < -0.3 is 15.2 Å². The summed E-state index contributed by atoms with van der Waals surface area (Å²) in [5.41, 5.74) is 3.81. The lowest BCUT2D eigenvalue weighted by Crippen LogP contribution is -2.39. The monoisotopic (exact) mass is 434 g/mol. The van der Waals surface area contributed by atoms with Gasteiger partial charge in [0, 0.05) is 37.5 Å². The average molecular weight is 435 g/mol. The molecule has 2 N–H and O–H groups in total. The quantitative estimate of drug-likeness (QED) is 0.557. The van der Waals surface area contributed by atoms with Crippen molar-refractivity contribution in [2.75, 3.05) is 7.05 Å². The van der Waals surface area contributed by atoms with E-state index in [9.17, 15) is 5.11 Å². The molecule has 3 aromatic rings. The summed E-state index contributed by atoms with van der Waals surface area (Å²) in [6.45, 7) is 5.70. The Morgan fingerprint density at radius 3 is 2.72 bits per heavy atom. The maximum atomic E-state index is 10.9. The van der Waals surface area contributed by atoms with Gasteiger partial charge in [0.15, 0.2) is 0 Å². The number of nitrogens with zero attached hydrogens (tertiary/aromatic N) is 5. The van der Waals surface area contributed by atoms with Crippen LogP contribution in [0.3, 0.4) is 0 Å². The van der Waals surface area contributed by atoms with E-state index in [1.165, 1.54) is 0 Å². The number of aryl methyl sites for hydroxylation is 1. The molecule has 1 aliphatic carbocycles. The van der Waals surface area contributed by atoms with E-state index in [1.54, 1.807) is 4.68 Å². The molecule has 32 heavy (non-hydrogen) atoms. The predicted molar refractivity (Wildman–Crippen MR) is 126 cm³/mol. The third-order valence-electron chi connectivity index (χ3n) is 5.98. The van der Waals surface area contributed by atoms with Crippen molar-refractivity contribution in [2.45, 2.75) is 44.4 Å². The third-order valence-corrected chi connectivity index (χ3v) is 5.98. The van der Waals surface area contributed by atoms with Crippen molar-refractivity contribution in [1.82, 2.24) is 24.9 Å². The summed E-state index contributed by atoms with van der Waals surface area (Å²) in [7, 11) is 3.70. The molecule has 4 rings (SSSR count). The Hall–Kier alpha value is -3.39. The van der Waals surface area contributed by atoms with Crippen molar-refractivity contribution in [3.8, 4) is 17.0 Å². The lowest BCUT2D eigenvalue weighted by atomic mass is 9.90. The number of nitrogens with one attached hydrogen (secondary N) is 1. The molecule has 2 heterocycles. The first-order valence-corrected chi connectivity index (χ1v) is 10.8. The van der Waals surface area contributed by atoms with E-state index in [0.29, 0.717) is 12.2 Å². The molecule has 168 valence electrons. The number of hydrogen-bond acceptors (Lipinski definition) is 6. The minimum absolute atomic E-state index is 0.0407. The number of aliphatic hydroxyl groups is 1. The van der Waals surface area contributed by atoms with Crippen LogP contribution in [0.4, 0.5) is 0 Å². The molecule has 0 saturated heterocycles. The van der Waals surface area contributed by atoms with E-state index in [1.807, 2.05) is 67.6 Å². The highest BCUT2D eigenvalue weighted by Crippen LogP contribution is 2.35. The van der Waals surface area contributed by atoms with Crippen molar-refractivity contribution in [2.24, 2.45) is 12.0 Å². The number of hydrogen-bond donors (Lipinski definition) is 2. The largest absolute Gasteiger partial charge is 0.488 e. The summed E-state index contributed by atoms with van der Waals surface area (Å²) in [6, 6.07) is 9.70. The van der Waals surface area contributed by atoms with Crippen LogP contribution < -0.4 is 10.1 Å². The van der Waals surface area contributed by atoms with Gasteiger partial charge in [-0.3, -0.25) is 9.36 Å². The maximum absolute atomic E-state index is 10.9. The maximum Gasteiger partial charge on any atom is 0.127 e. The van der Waals surface area contributed by atoms with Gasteiger partial charge in [-0.15, -0.1) is 0 Å². The molecule has 2 aromatic heterocycles. The molecule has 0 radical (unpaired) electrons. The zero-order valence-corrected chi connectivity index (χ0v) is 18.8. The van der Waals surface area contributed by atoms with Crippen molar-refractivity contribution >= 4 is 12.8 Å². The molecule has 8 nitrogen and oxygen atoms in total. The SMILES string of the molecule is C=N/C(=C\c1c(C)c(-c2cnn(C)c2)nn1C1CCC(Oc2ccccc2)[C@@H](O)C1)NC. The fourth-order valence-corrected chi connectivity index (χ4v) is 4.26. The Kier molecular flexibility index (Phi) is 6.41. The van der Waals surface area contributed by atoms with Crippen molar-refractivity contribution in [1.29, 1.82) is 0 Å². The first-order chi connectivity index (χ1) is 15.5. The molecule has 1 aromatic carbocycles. The second-order valence-electron chi connectivity index (χ2n) is 8.15. The molecular weight excluding hydrogens is 404 g/mol. The van der Waals surface area contributed by atoms with Gasteiger partial charge in [0.05, 0.1) is 29.7 Å². The van der Waals surface area contributed by atoms with E-state index in [2.05, 4.69) is 29.0 Å². The summed E-state index contributed by atoms with van der Waals surface area (Å²) in [5.74, 6) is 1.44. The Morgan fingerprint density at radius 2 is 2.09 bits per heavy atom. The number of benzene rings is 1. The smallest absolute Gasteiger partial charge is 0.127 e. The molecule has 0 bridgehead atoms.